The number of amides is 1. The van der Waals surface area contributed by atoms with Gasteiger partial charge < -0.3 is 14.4 Å². The standard InChI is InChI=1S/C20H23ClN2O5S/c1-27-18-9-7-15(13-16(18)20(24)23-10-4-3-5-11-23)29(25,26)22-14-6-8-19(28-2)17(21)12-14/h6-9,12-13,22H,3-5,10-11H2,1-2H3. The molecule has 7 nitrogen and oxygen atoms in total. The zero-order valence-corrected chi connectivity index (χ0v) is 17.8. The molecule has 1 heterocycles. The van der Waals surface area contributed by atoms with Crippen molar-refractivity contribution in [3.63, 3.8) is 0 Å². The largest absolute Gasteiger partial charge is 0.496 e. The maximum Gasteiger partial charge on any atom is 0.261 e. The van der Waals surface area contributed by atoms with Gasteiger partial charge in [-0.15, -0.1) is 0 Å². The molecule has 1 saturated heterocycles. The smallest absolute Gasteiger partial charge is 0.261 e. The molecule has 0 unspecified atom stereocenters. The van der Waals surface area contributed by atoms with E-state index in [0.717, 1.165) is 19.3 Å². The van der Waals surface area contributed by atoms with E-state index in [1.54, 1.807) is 17.0 Å². The summed E-state index contributed by atoms with van der Waals surface area (Å²) >= 11 is 6.07. The van der Waals surface area contributed by atoms with Crippen LogP contribution in [0.1, 0.15) is 29.6 Å². The van der Waals surface area contributed by atoms with Crippen LogP contribution < -0.4 is 14.2 Å². The van der Waals surface area contributed by atoms with Gasteiger partial charge in [-0.3, -0.25) is 9.52 Å². The Morgan fingerprint density at radius 1 is 1.00 bits per heavy atom. The van der Waals surface area contributed by atoms with Gasteiger partial charge in [-0.25, -0.2) is 8.42 Å². The van der Waals surface area contributed by atoms with Gasteiger partial charge in [0.1, 0.15) is 11.5 Å². The number of sulfonamides is 1. The fraction of sp³-hybridized carbons (Fsp3) is 0.350. The van der Waals surface area contributed by atoms with E-state index in [9.17, 15) is 13.2 Å². The van der Waals surface area contributed by atoms with Gasteiger partial charge in [0, 0.05) is 13.1 Å². The van der Waals surface area contributed by atoms with E-state index >= 15 is 0 Å². The molecule has 0 radical (unpaired) electrons. The summed E-state index contributed by atoms with van der Waals surface area (Å²) in [5, 5.41) is 0.281. The molecule has 0 aliphatic carbocycles. The monoisotopic (exact) mass is 438 g/mol. The highest BCUT2D eigenvalue weighted by molar-refractivity contribution is 7.92. The zero-order valence-electron chi connectivity index (χ0n) is 16.3. The van der Waals surface area contributed by atoms with E-state index in [2.05, 4.69) is 4.72 Å². The lowest BCUT2D eigenvalue weighted by Gasteiger charge is -2.27. The highest BCUT2D eigenvalue weighted by Gasteiger charge is 2.24. The number of methoxy groups -OCH3 is 2. The SMILES string of the molecule is COc1ccc(NS(=O)(=O)c2ccc(OC)c(C(=O)N3CCCCC3)c2)cc1Cl. The summed E-state index contributed by atoms with van der Waals surface area (Å²) in [4.78, 5) is 14.6. The first kappa shape index (κ1) is 21.3. The number of anilines is 1. The Kier molecular flexibility index (Phi) is 6.54. The van der Waals surface area contributed by atoms with Crippen molar-refractivity contribution in [2.75, 3.05) is 32.0 Å². The topological polar surface area (TPSA) is 84.9 Å². The molecule has 2 aromatic rings. The molecule has 3 rings (SSSR count). The van der Waals surface area contributed by atoms with Crippen molar-refractivity contribution in [2.45, 2.75) is 24.2 Å². The van der Waals surface area contributed by atoms with E-state index in [-0.39, 0.29) is 27.1 Å². The van der Waals surface area contributed by atoms with E-state index in [1.807, 2.05) is 0 Å². The van der Waals surface area contributed by atoms with Crippen LogP contribution in [-0.4, -0.2) is 46.5 Å². The molecular weight excluding hydrogens is 416 g/mol. The van der Waals surface area contributed by atoms with Crippen LogP contribution in [0.2, 0.25) is 5.02 Å². The summed E-state index contributed by atoms with van der Waals surface area (Å²) in [7, 11) is -1.01. The molecule has 1 fully saturated rings. The first-order valence-corrected chi connectivity index (χ1v) is 11.1. The number of benzene rings is 2. The van der Waals surface area contributed by atoms with Crippen LogP contribution in [0.4, 0.5) is 5.69 Å². The minimum absolute atomic E-state index is 0.0365. The summed E-state index contributed by atoms with van der Waals surface area (Å²) < 4.78 is 38.6. The molecule has 1 N–H and O–H groups in total. The number of ether oxygens (including phenoxy) is 2. The van der Waals surface area contributed by atoms with Crippen molar-refractivity contribution >= 4 is 33.2 Å². The predicted octanol–water partition coefficient (Wildman–Crippen LogP) is 3.78. The third-order valence-electron chi connectivity index (χ3n) is 4.76. The molecule has 1 aliphatic heterocycles. The summed E-state index contributed by atoms with van der Waals surface area (Å²) in [5.41, 5.74) is 0.514. The van der Waals surface area contributed by atoms with Crippen LogP contribution in [-0.2, 0) is 10.0 Å². The van der Waals surface area contributed by atoms with Crippen LogP contribution in [0.3, 0.4) is 0 Å². The van der Waals surface area contributed by atoms with Crippen molar-refractivity contribution in [1.82, 2.24) is 4.90 Å². The lowest BCUT2D eigenvalue weighted by Crippen LogP contribution is -2.35. The molecule has 1 amide bonds. The number of rotatable bonds is 6. The number of halogens is 1. The lowest BCUT2D eigenvalue weighted by molar-refractivity contribution is 0.0720. The van der Waals surface area contributed by atoms with Gasteiger partial charge in [0.15, 0.2) is 0 Å². The van der Waals surface area contributed by atoms with Crippen LogP contribution in [0.15, 0.2) is 41.3 Å². The fourth-order valence-electron chi connectivity index (χ4n) is 3.23. The number of likely N-dealkylation sites (tertiary alicyclic amines) is 1. The number of piperidine rings is 1. The molecule has 0 saturated carbocycles. The van der Waals surface area contributed by atoms with E-state index < -0.39 is 10.0 Å². The number of carbonyl (C=O) groups excluding carboxylic acids is 1. The van der Waals surface area contributed by atoms with Crippen LogP contribution in [0, 0.1) is 0 Å². The molecule has 29 heavy (non-hydrogen) atoms. The summed E-state index contributed by atoms with van der Waals surface area (Å²) in [5.74, 6) is 0.548. The summed E-state index contributed by atoms with van der Waals surface area (Å²) in [6.45, 7) is 1.31. The summed E-state index contributed by atoms with van der Waals surface area (Å²) in [6.07, 6.45) is 2.96. The van der Waals surface area contributed by atoms with Gasteiger partial charge in [-0.2, -0.15) is 0 Å². The second-order valence-corrected chi connectivity index (χ2v) is 8.76. The van der Waals surface area contributed by atoms with Gasteiger partial charge in [0.25, 0.3) is 15.9 Å². The second kappa shape index (κ2) is 8.92. The van der Waals surface area contributed by atoms with Crippen molar-refractivity contribution in [3.05, 3.63) is 47.0 Å². The number of carbonyl (C=O) groups is 1. The van der Waals surface area contributed by atoms with Crippen LogP contribution in [0.5, 0.6) is 11.5 Å². The molecule has 0 bridgehead atoms. The zero-order chi connectivity index (χ0) is 21.0. The van der Waals surface area contributed by atoms with Gasteiger partial charge >= 0.3 is 0 Å². The highest BCUT2D eigenvalue weighted by Crippen LogP contribution is 2.30. The van der Waals surface area contributed by atoms with Gasteiger partial charge in [0.2, 0.25) is 0 Å². The third-order valence-corrected chi connectivity index (χ3v) is 6.43. The Bertz CT molecular complexity index is 1000. The molecule has 1 aliphatic rings. The number of nitrogens with zero attached hydrogens (tertiary/aromatic N) is 1. The number of hydrogen-bond acceptors (Lipinski definition) is 5. The predicted molar refractivity (Wildman–Crippen MR) is 112 cm³/mol. The normalized spacial score (nSPS) is 14.4. The molecule has 9 heteroatoms. The molecule has 156 valence electrons. The Labute approximate surface area is 175 Å². The first-order chi connectivity index (χ1) is 13.9. The van der Waals surface area contributed by atoms with Crippen molar-refractivity contribution in [3.8, 4) is 11.5 Å². The molecular formula is C20H23ClN2O5S. The first-order valence-electron chi connectivity index (χ1n) is 9.19. The minimum Gasteiger partial charge on any atom is -0.496 e. The quantitative estimate of drug-likeness (QED) is 0.741. The summed E-state index contributed by atoms with van der Waals surface area (Å²) in [6, 6.07) is 8.82. The van der Waals surface area contributed by atoms with Crippen LogP contribution in [0.25, 0.3) is 0 Å². The van der Waals surface area contributed by atoms with Gasteiger partial charge in [0.05, 0.1) is 35.4 Å². The minimum atomic E-state index is -3.94. The van der Waals surface area contributed by atoms with Crippen molar-refractivity contribution in [2.24, 2.45) is 0 Å². The average molecular weight is 439 g/mol. The average Bonchev–Trinajstić information content (AvgIpc) is 2.73. The van der Waals surface area contributed by atoms with Crippen molar-refractivity contribution in [1.29, 1.82) is 0 Å². The maximum atomic E-state index is 12.9. The third kappa shape index (κ3) is 4.76. The molecule has 0 aromatic heterocycles. The Balaban J connectivity index is 1.91. The van der Waals surface area contributed by atoms with E-state index in [1.165, 1.54) is 38.5 Å². The van der Waals surface area contributed by atoms with Gasteiger partial charge in [-0.05, 0) is 55.7 Å². The van der Waals surface area contributed by atoms with Crippen molar-refractivity contribution < 1.29 is 22.7 Å². The Morgan fingerprint density at radius 3 is 2.28 bits per heavy atom. The van der Waals surface area contributed by atoms with E-state index in [4.69, 9.17) is 21.1 Å². The molecule has 0 spiro atoms. The molecule has 2 aromatic carbocycles. The van der Waals surface area contributed by atoms with Gasteiger partial charge in [-0.1, -0.05) is 11.6 Å². The molecule has 0 atom stereocenters. The Hall–Kier alpha value is -2.45. The number of hydrogen-bond donors (Lipinski definition) is 1. The van der Waals surface area contributed by atoms with Crippen LogP contribution >= 0.6 is 11.6 Å². The van der Waals surface area contributed by atoms with E-state index in [0.29, 0.717) is 24.6 Å². The number of nitrogens with one attached hydrogen (secondary N) is 1. The second-order valence-electron chi connectivity index (χ2n) is 6.67. The fourth-order valence-corrected chi connectivity index (χ4v) is 4.57. The Morgan fingerprint density at radius 2 is 1.66 bits per heavy atom. The highest BCUT2D eigenvalue weighted by atomic mass is 35.5. The lowest BCUT2D eigenvalue weighted by atomic mass is 10.1. The maximum absolute atomic E-state index is 12.9.